The molecule has 2 aromatic rings. The Kier molecular flexibility index (Phi) is 9.18. The largest absolute Gasteiger partial charge is 0.338 e. The standard InChI is InChI=1S/C27H31Cl3N4O2.ClH/c1-32-25(22-16-18(28)4-5-21(22)26(32)35)20(17-3-6-23(29)24(30)15-17)9-14-33-12-7-19(8-13-33)34-11-2-10-31-27(34)36;/h3-6,15-16,19-20,25H,2,7-14H2,1H3,(H,31,36);1H. The fourth-order valence-corrected chi connectivity index (χ4v) is 6.49. The van der Waals surface area contributed by atoms with Gasteiger partial charge in [0.25, 0.3) is 5.91 Å². The number of carbonyl (C=O) groups excluding carboxylic acids is 2. The molecule has 0 spiro atoms. The second-order valence-electron chi connectivity index (χ2n) is 10.0. The predicted octanol–water partition coefficient (Wildman–Crippen LogP) is 6.25. The SMILES string of the molecule is CN1C(=O)c2ccc(Cl)cc2C1C(CCN1CCC(N2CCCNC2=O)CC1)c1ccc(Cl)c(Cl)c1.Cl. The van der Waals surface area contributed by atoms with E-state index in [1.807, 2.05) is 47.2 Å². The molecule has 0 aromatic heterocycles. The maximum atomic E-state index is 13.1. The summed E-state index contributed by atoms with van der Waals surface area (Å²) in [5.41, 5.74) is 2.72. The monoisotopic (exact) mass is 584 g/mol. The number of fused-ring (bicyclic) bond motifs is 1. The Bertz CT molecular complexity index is 1160. The third-order valence-electron chi connectivity index (χ3n) is 7.92. The molecular weight excluding hydrogens is 554 g/mol. The summed E-state index contributed by atoms with van der Waals surface area (Å²) in [5, 5.41) is 4.62. The second kappa shape index (κ2) is 12.0. The van der Waals surface area contributed by atoms with Gasteiger partial charge in [0.1, 0.15) is 0 Å². The quantitative estimate of drug-likeness (QED) is 0.436. The zero-order chi connectivity index (χ0) is 25.4. The molecule has 2 atom stereocenters. The van der Waals surface area contributed by atoms with Gasteiger partial charge in [0.15, 0.2) is 0 Å². The summed E-state index contributed by atoms with van der Waals surface area (Å²) in [7, 11) is 1.86. The molecule has 3 amide bonds. The molecule has 0 aliphatic carbocycles. The van der Waals surface area contributed by atoms with Crippen molar-refractivity contribution in [3.05, 3.63) is 68.2 Å². The van der Waals surface area contributed by atoms with Gasteiger partial charge in [-0.25, -0.2) is 4.79 Å². The second-order valence-corrected chi connectivity index (χ2v) is 11.3. The normalized spacial score (nSPS) is 21.5. The van der Waals surface area contributed by atoms with Gasteiger partial charge >= 0.3 is 6.03 Å². The van der Waals surface area contributed by atoms with Gasteiger partial charge in [-0.05, 0) is 73.7 Å². The van der Waals surface area contributed by atoms with Crippen LogP contribution >= 0.6 is 47.2 Å². The van der Waals surface area contributed by atoms with Crippen LogP contribution in [0.25, 0.3) is 0 Å². The zero-order valence-corrected chi connectivity index (χ0v) is 23.8. The fourth-order valence-electron chi connectivity index (χ4n) is 6.01. The lowest BCUT2D eigenvalue weighted by atomic mass is 9.84. The number of halogens is 4. The smallest absolute Gasteiger partial charge is 0.317 e. The van der Waals surface area contributed by atoms with E-state index in [1.165, 1.54) is 0 Å². The highest BCUT2D eigenvalue weighted by Gasteiger charge is 2.40. The Hall–Kier alpha value is -1.70. The average molecular weight is 586 g/mol. The van der Waals surface area contributed by atoms with E-state index in [9.17, 15) is 9.59 Å². The lowest BCUT2D eigenvalue weighted by Gasteiger charge is -2.40. The first kappa shape index (κ1) is 28.3. The van der Waals surface area contributed by atoms with Gasteiger partial charge in [-0.15, -0.1) is 12.4 Å². The van der Waals surface area contributed by atoms with Crippen LogP contribution in [0.3, 0.4) is 0 Å². The molecule has 1 N–H and O–H groups in total. The van der Waals surface area contributed by atoms with Crippen LogP contribution in [0.1, 0.15) is 59.1 Å². The Labute approximate surface area is 239 Å². The molecule has 0 bridgehead atoms. The van der Waals surface area contributed by atoms with Gasteiger partial charge in [0.2, 0.25) is 0 Å². The Morgan fingerprint density at radius 3 is 2.46 bits per heavy atom. The molecule has 37 heavy (non-hydrogen) atoms. The number of piperidine rings is 1. The number of carbonyl (C=O) groups is 2. The van der Waals surface area contributed by atoms with Crippen molar-refractivity contribution < 1.29 is 9.59 Å². The van der Waals surface area contributed by atoms with E-state index in [4.69, 9.17) is 34.8 Å². The first-order chi connectivity index (χ1) is 17.3. The van der Waals surface area contributed by atoms with Crippen LogP contribution in [-0.2, 0) is 0 Å². The fraction of sp³-hybridized carbons (Fsp3) is 0.481. The van der Waals surface area contributed by atoms with Gasteiger partial charge in [0, 0.05) is 55.8 Å². The third kappa shape index (κ3) is 5.84. The number of hydrogen-bond donors (Lipinski definition) is 1. The molecule has 2 aromatic carbocycles. The summed E-state index contributed by atoms with van der Waals surface area (Å²) in [6.07, 6.45) is 3.81. The summed E-state index contributed by atoms with van der Waals surface area (Å²) >= 11 is 19.0. The molecule has 2 fully saturated rings. The summed E-state index contributed by atoms with van der Waals surface area (Å²) < 4.78 is 0. The van der Waals surface area contributed by atoms with Crippen molar-refractivity contribution in [3.63, 3.8) is 0 Å². The predicted molar refractivity (Wildman–Crippen MR) is 152 cm³/mol. The number of nitrogens with one attached hydrogen (secondary N) is 1. The minimum atomic E-state index is -0.141. The number of benzene rings is 2. The lowest BCUT2D eigenvalue weighted by Crippen LogP contribution is -2.54. The number of hydrogen-bond acceptors (Lipinski definition) is 3. The minimum absolute atomic E-state index is 0. The van der Waals surface area contributed by atoms with Crippen molar-refractivity contribution in [1.29, 1.82) is 0 Å². The number of likely N-dealkylation sites (N-methyl/N-ethyl adjacent to an activating group) is 1. The van der Waals surface area contributed by atoms with Crippen molar-refractivity contribution in [3.8, 4) is 0 Å². The molecule has 2 unspecified atom stereocenters. The molecule has 3 aliphatic rings. The maximum absolute atomic E-state index is 13.1. The zero-order valence-electron chi connectivity index (χ0n) is 20.8. The van der Waals surface area contributed by atoms with Gasteiger partial charge in [-0.2, -0.15) is 0 Å². The summed E-state index contributed by atoms with van der Waals surface area (Å²) in [6.45, 7) is 4.41. The van der Waals surface area contributed by atoms with Crippen molar-refractivity contribution >= 4 is 59.1 Å². The Morgan fingerprint density at radius 1 is 1.00 bits per heavy atom. The minimum Gasteiger partial charge on any atom is -0.338 e. The maximum Gasteiger partial charge on any atom is 0.317 e. The van der Waals surface area contributed by atoms with Gasteiger partial charge in [-0.3, -0.25) is 4.79 Å². The van der Waals surface area contributed by atoms with Crippen LogP contribution in [0.5, 0.6) is 0 Å². The van der Waals surface area contributed by atoms with Gasteiger partial charge < -0.3 is 20.0 Å². The third-order valence-corrected chi connectivity index (χ3v) is 8.89. The van der Waals surface area contributed by atoms with Crippen LogP contribution in [0.15, 0.2) is 36.4 Å². The summed E-state index contributed by atoms with van der Waals surface area (Å²) in [4.78, 5) is 31.7. The molecule has 10 heteroatoms. The molecule has 2 saturated heterocycles. The lowest BCUT2D eigenvalue weighted by molar-refractivity contribution is 0.0740. The van der Waals surface area contributed by atoms with Crippen LogP contribution in [0.2, 0.25) is 15.1 Å². The highest BCUT2D eigenvalue weighted by atomic mass is 35.5. The van der Waals surface area contributed by atoms with E-state index >= 15 is 0 Å². The molecule has 6 nitrogen and oxygen atoms in total. The van der Waals surface area contributed by atoms with E-state index in [0.717, 1.165) is 69.5 Å². The highest BCUT2D eigenvalue weighted by molar-refractivity contribution is 6.42. The van der Waals surface area contributed by atoms with Crippen molar-refractivity contribution in [2.75, 3.05) is 39.8 Å². The Balaban J connectivity index is 0.00000320. The van der Waals surface area contributed by atoms with E-state index in [1.54, 1.807) is 6.07 Å². The number of amides is 3. The molecule has 3 aliphatic heterocycles. The molecular formula is C27H32Cl4N4O2. The van der Waals surface area contributed by atoms with Gasteiger partial charge in [0.05, 0.1) is 16.1 Å². The van der Waals surface area contributed by atoms with Crippen molar-refractivity contribution in [1.82, 2.24) is 20.0 Å². The Morgan fingerprint density at radius 2 is 1.76 bits per heavy atom. The average Bonchev–Trinajstić information content (AvgIpc) is 3.11. The van der Waals surface area contributed by atoms with Crippen LogP contribution in [0, 0.1) is 0 Å². The molecule has 0 saturated carbocycles. The van der Waals surface area contributed by atoms with E-state index < -0.39 is 0 Å². The van der Waals surface area contributed by atoms with Crippen molar-refractivity contribution in [2.45, 2.75) is 43.7 Å². The summed E-state index contributed by atoms with van der Waals surface area (Å²) in [5.74, 6) is 0.0383. The summed E-state index contributed by atoms with van der Waals surface area (Å²) in [6, 6.07) is 11.5. The topological polar surface area (TPSA) is 55.9 Å². The van der Waals surface area contributed by atoms with E-state index in [2.05, 4.69) is 10.2 Å². The molecule has 0 radical (unpaired) electrons. The highest BCUT2D eigenvalue weighted by Crippen LogP contribution is 2.45. The van der Waals surface area contributed by atoms with Crippen LogP contribution in [-0.4, -0.2) is 72.5 Å². The van der Waals surface area contributed by atoms with E-state index in [-0.39, 0.29) is 36.3 Å². The van der Waals surface area contributed by atoms with Gasteiger partial charge in [-0.1, -0.05) is 40.9 Å². The number of rotatable bonds is 6. The number of likely N-dealkylation sites (tertiary alicyclic amines) is 1. The first-order valence-corrected chi connectivity index (χ1v) is 13.7. The number of urea groups is 1. The first-order valence-electron chi connectivity index (χ1n) is 12.6. The number of nitrogens with zero attached hydrogens (tertiary/aromatic N) is 3. The van der Waals surface area contributed by atoms with Crippen molar-refractivity contribution in [2.24, 2.45) is 0 Å². The molecule has 3 heterocycles. The van der Waals surface area contributed by atoms with E-state index in [0.29, 0.717) is 26.7 Å². The molecule has 200 valence electrons. The molecule has 5 rings (SSSR count). The van der Waals surface area contributed by atoms with Crippen LogP contribution < -0.4 is 5.32 Å². The van der Waals surface area contributed by atoms with Crippen LogP contribution in [0.4, 0.5) is 4.79 Å².